The molecule has 0 unspecified atom stereocenters. The molecule has 0 aromatic carbocycles. The fraction of sp³-hybridized carbons (Fsp3) is 0.143. The van der Waals surface area contributed by atoms with E-state index in [9.17, 15) is 14.4 Å². The molecule has 42 heteroatoms. The van der Waals surface area contributed by atoms with Crippen molar-refractivity contribution in [3.63, 3.8) is 0 Å². The normalized spacial score (nSPS) is 8.21. The van der Waals surface area contributed by atoms with Gasteiger partial charge in [0, 0.05) is 168 Å². The van der Waals surface area contributed by atoms with Gasteiger partial charge >= 0.3 is 47.5 Å². The number of nitrogens with two attached hydrogens (primary N) is 5. The van der Waals surface area contributed by atoms with Gasteiger partial charge in [0.05, 0.1) is 38.4 Å². The zero-order valence-corrected chi connectivity index (χ0v) is 69.7. The molecule has 30 nitrogen and oxygen atoms in total. The number of nitriles is 2. The van der Waals surface area contributed by atoms with Gasteiger partial charge in [-0.2, -0.15) is 10.5 Å². The van der Waals surface area contributed by atoms with Crippen LogP contribution in [0.25, 0.3) is 0 Å². The van der Waals surface area contributed by atoms with Crippen molar-refractivity contribution in [2.24, 2.45) is 11.1 Å². The van der Waals surface area contributed by atoms with Crippen LogP contribution in [0.1, 0.15) is 55.7 Å². The number of ether oxygens (including phenoxy) is 3. The van der Waals surface area contributed by atoms with E-state index in [1.165, 1.54) is 27.5 Å². The zero-order valence-electron chi connectivity index (χ0n) is 40.3. The summed E-state index contributed by atoms with van der Waals surface area (Å²) in [6, 6.07) is 3.75. The molecule has 0 aliphatic carbocycles. The second-order valence-corrected chi connectivity index (χ2v) is 15.7. The maximum absolute atomic E-state index is 11.0. The Kier molecular flexibility index (Phi) is 62.8. The Hall–Kier alpha value is -1.48. The average molecular weight is 2650 g/mol. The fourth-order valence-corrected chi connectivity index (χ4v) is 5.16. The minimum atomic E-state index is -0.594. The average Bonchev–Trinajstić information content (AvgIpc) is 3.35. The van der Waals surface area contributed by atoms with Gasteiger partial charge in [0.25, 0.3) is 0 Å². The predicted molar refractivity (Wildman–Crippen MR) is 285 cm³/mol. The van der Waals surface area contributed by atoms with Gasteiger partial charge in [-0.05, 0) is 132 Å². The fourth-order valence-electron chi connectivity index (χ4n) is 3.35. The monoisotopic (exact) mass is 2650 g/mol. The summed E-state index contributed by atoms with van der Waals surface area (Å²) in [6.07, 6.45) is 16.5. The van der Waals surface area contributed by atoms with E-state index in [-0.39, 0.29) is 209 Å². The summed E-state index contributed by atoms with van der Waals surface area (Å²) >= 11 is 9.60. The van der Waals surface area contributed by atoms with Crippen LogP contribution in [0.5, 0.6) is 0 Å². The SMILES string of the molecule is CNc1n[c-]c(I)nc1C(=N)N.COC(=O)c1nc(I)[c-]nc1N.COC(=O)c1nc(I)[c-]nc1N.COC(=O)c1nc[c-]nc1N.Cc1n[c-]c(I)nc1C#N.N#Cc1nc(I)[c-]nc1N.O=N[O-].[H-].[Na+].[W].[W].[W].[W].[W].[W]. The molecule has 406 valence electrons. The standard InChI is InChI=1S/C6H7IN5.2C6H5IN3O2.C6H3IN3.C6H6N3O2.C5H2IN4.HNO2.Na.6W.H/c1-10-6-4(5(8)9)12-3(7)2-11-6;2*1-12-6(11)4-5(8)9-2-3(7)10-4;1-4-5(2-8)10-6(7)3-9-4;1-11-6(10)4-5(7)9-3-2-8-4;6-4-2-9-5(8)3(1-7)10-4;2-1-3;;;;;;;;/h1H3,(H3,8,9)(H,10,11);2*1H3,(H2,8,9);1H3;2H,1H3,(H2,7,9);(H2,8,9);(H,2,3);;;;;;;;/q6*-1;;+1;;;;;;;-1/p-1. The molecule has 0 spiro atoms. The van der Waals surface area contributed by atoms with Crippen LogP contribution in [0.4, 0.5) is 29.1 Å². The van der Waals surface area contributed by atoms with Gasteiger partial charge in [0.1, 0.15) is 35.1 Å². The van der Waals surface area contributed by atoms with Gasteiger partial charge in [0.15, 0.2) is 0 Å². The second kappa shape index (κ2) is 52.6. The summed E-state index contributed by atoms with van der Waals surface area (Å²) in [5, 5.41) is 35.8. The molecule has 0 atom stereocenters. The van der Waals surface area contributed by atoms with Crippen LogP contribution in [-0.4, -0.2) is 112 Å². The molecule has 0 amide bonds. The number of aromatic nitrogens is 12. The molecule has 6 rings (SSSR count). The van der Waals surface area contributed by atoms with Gasteiger partial charge in [-0.3, -0.25) is 35.3 Å². The van der Waals surface area contributed by atoms with Crippen LogP contribution >= 0.6 is 113 Å². The van der Waals surface area contributed by atoms with Crippen molar-refractivity contribution in [3.05, 3.63) is 112 Å². The van der Waals surface area contributed by atoms with Crippen molar-refractivity contribution < 1.29 is 186 Å². The first-order valence-electron chi connectivity index (χ1n) is 17.1. The molecule has 6 heterocycles. The van der Waals surface area contributed by atoms with E-state index >= 15 is 0 Å². The number of carbonyl (C=O) groups excluding carboxylic acids is 3. The Morgan fingerprint density at radius 1 is 0.623 bits per heavy atom. The maximum Gasteiger partial charge on any atom is 1.00 e. The summed E-state index contributed by atoms with van der Waals surface area (Å²) in [6.45, 7) is 1.73. The van der Waals surface area contributed by atoms with Crippen LogP contribution < -0.4 is 63.5 Å². The largest absolute Gasteiger partial charge is 1.00 e. The topological polar surface area (TPSA) is 500 Å². The van der Waals surface area contributed by atoms with Crippen LogP contribution in [0.2, 0.25) is 0 Å². The summed E-state index contributed by atoms with van der Waals surface area (Å²) in [5.41, 5.74) is 28.2. The molecule has 0 radical (unpaired) electrons. The second-order valence-electron chi connectivity index (χ2n) is 10.6. The van der Waals surface area contributed by atoms with Crippen LogP contribution in [0, 0.1) is 101 Å². The molecular weight excluding hydrogens is 2620 g/mol. The minimum absolute atomic E-state index is 0. The number of aryl methyl sites for hydroxylation is 1. The molecular formula is C35H29I5N22NaO8W6-7. The quantitative estimate of drug-likeness (QED) is 0.0127. The first-order chi connectivity index (χ1) is 33.1. The zero-order chi connectivity index (χ0) is 53.5. The number of hydrogen-bond acceptors (Lipinski definition) is 29. The number of anilines is 5. The van der Waals surface area contributed by atoms with Crippen LogP contribution in [-0.2, 0) is 141 Å². The number of methoxy groups -OCH3 is 3. The van der Waals surface area contributed by atoms with E-state index in [4.69, 9.17) is 54.7 Å². The summed E-state index contributed by atoms with van der Waals surface area (Å²) in [5.74, 6) is -1.18. The molecule has 77 heavy (non-hydrogen) atoms. The number of halogens is 5. The number of esters is 3. The van der Waals surface area contributed by atoms with Crippen molar-refractivity contribution in [2.45, 2.75) is 6.92 Å². The molecule has 0 saturated carbocycles. The van der Waals surface area contributed by atoms with Crippen molar-refractivity contribution in [2.75, 3.05) is 56.6 Å². The van der Waals surface area contributed by atoms with Crippen molar-refractivity contribution in [3.8, 4) is 12.1 Å². The Morgan fingerprint density at radius 3 is 1.29 bits per heavy atom. The van der Waals surface area contributed by atoms with Gasteiger partial charge in [-0.1, -0.05) is 12.6 Å². The van der Waals surface area contributed by atoms with Gasteiger partial charge in [0.2, 0.25) is 0 Å². The number of nitrogens with one attached hydrogen (secondary N) is 2. The molecule has 6 aromatic heterocycles. The first-order valence-corrected chi connectivity index (χ1v) is 22.5. The summed E-state index contributed by atoms with van der Waals surface area (Å²) in [4.78, 5) is 85.8. The smallest absolute Gasteiger partial charge is 1.00 e. The molecule has 0 fully saturated rings. The Bertz CT molecular complexity index is 2740. The number of nitrogen functional groups attached to an aromatic ring is 5. The molecule has 6 aromatic rings. The first kappa shape index (κ1) is 92.0. The van der Waals surface area contributed by atoms with Crippen LogP contribution in [0.15, 0.2) is 11.5 Å². The van der Waals surface area contributed by atoms with E-state index in [1.54, 1.807) is 14.0 Å². The third kappa shape index (κ3) is 37.3. The van der Waals surface area contributed by atoms with Crippen molar-refractivity contribution in [1.29, 1.82) is 15.9 Å². The van der Waals surface area contributed by atoms with E-state index in [2.05, 4.69) is 117 Å². The Morgan fingerprint density at radius 2 is 0.948 bits per heavy atom. The maximum atomic E-state index is 11.0. The number of carbonyl (C=O) groups is 3. The number of amidine groups is 1. The van der Waals surface area contributed by atoms with E-state index in [1.807, 2.05) is 125 Å². The number of nitrogens with zero attached hydrogens (tertiary/aromatic N) is 15. The van der Waals surface area contributed by atoms with Gasteiger partial charge in [-0.15, -0.1) is 42.5 Å². The van der Waals surface area contributed by atoms with Crippen molar-refractivity contribution in [1.82, 2.24) is 59.8 Å². The molecule has 0 aliphatic rings. The molecule has 0 bridgehead atoms. The van der Waals surface area contributed by atoms with E-state index < -0.39 is 17.9 Å². The van der Waals surface area contributed by atoms with E-state index in [0.29, 0.717) is 41.4 Å². The van der Waals surface area contributed by atoms with Crippen LogP contribution in [0.3, 0.4) is 0 Å². The minimum Gasteiger partial charge on any atom is -1.00 e. The number of rotatable bonds is 5. The Labute approximate surface area is 616 Å². The predicted octanol–water partition coefficient (Wildman–Crippen LogP) is -0.898. The van der Waals surface area contributed by atoms with E-state index in [0.717, 1.165) is 5.34 Å². The van der Waals surface area contributed by atoms with Gasteiger partial charge < -0.3 is 89.6 Å². The van der Waals surface area contributed by atoms with Gasteiger partial charge in [-0.25, -0.2) is 14.4 Å². The third-order valence-corrected chi connectivity index (χ3v) is 8.66. The van der Waals surface area contributed by atoms with Crippen molar-refractivity contribution >= 4 is 166 Å². The molecule has 0 aliphatic heterocycles. The number of hydrogen-bond donors (Lipinski definition) is 7. The third-order valence-electron chi connectivity index (χ3n) is 6.25. The summed E-state index contributed by atoms with van der Waals surface area (Å²) < 4.78 is 16.0. The molecule has 12 N–H and O–H groups in total. The molecule has 0 saturated heterocycles. The Balaban J connectivity index is -0.000000102. The summed E-state index contributed by atoms with van der Waals surface area (Å²) in [7, 11) is 5.46.